The van der Waals surface area contributed by atoms with Crippen molar-refractivity contribution < 1.29 is 9.84 Å². The fraction of sp³-hybridized carbons (Fsp3) is 0.647. The van der Waals surface area contributed by atoms with Gasteiger partial charge in [-0.25, -0.2) is 0 Å². The summed E-state index contributed by atoms with van der Waals surface area (Å²) in [5.41, 5.74) is 1.90. The van der Waals surface area contributed by atoms with Crippen molar-refractivity contribution >= 4 is 0 Å². The van der Waals surface area contributed by atoms with E-state index >= 15 is 0 Å². The number of ether oxygens (including phenoxy) is 1. The Hall–Kier alpha value is -1.18. The molecule has 2 heteroatoms. The maximum Gasteiger partial charge on any atom is 0.163 e. The summed E-state index contributed by atoms with van der Waals surface area (Å²) in [6, 6.07) is 5.78. The van der Waals surface area contributed by atoms with Gasteiger partial charge in [-0.3, -0.25) is 0 Å². The van der Waals surface area contributed by atoms with Crippen molar-refractivity contribution in [3.05, 3.63) is 23.8 Å². The number of benzene rings is 1. The van der Waals surface area contributed by atoms with Gasteiger partial charge in [-0.2, -0.15) is 0 Å². The molecule has 1 N–H and O–H groups in total. The lowest BCUT2D eigenvalue weighted by Gasteiger charge is -2.40. The Kier molecular flexibility index (Phi) is 2.64. The highest BCUT2D eigenvalue weighted by Gasteiger charge is 2.61. The first-order chi connectivity index (χ1) is 8.91. The van der Waals surface area contributed by atoms with E-state index in [0.717, 1.165) is 5.92 Å². The van der Waals surface area contributed by atoms with E-state index in [4.69, 9.17) is 4.74 Å². The highest BCUT2D eigenvalue weighted by molar-refractivity contribution is 5.49. The maximum absolute atomic E-state index is 10.0. The second-order valence-electron chi connectivity index (χ2n) is 7.06. The molecule has 1 aromatic carbocycles. The van der Waals surface area contributed by atoms with Crippen LogP contribution in [0.15, 0.2) is 18.2 Å². The molecule has 3 rings (SSSR count). The van der Waals surface area contributed by atoms with Crippen LogP contribution in [0.4, 0.5) is 0 Å². The molecule has 2 aliphatic rings. The van der Waals surface area contributed by atoms with Crippen molar-refractivity contribution in [1.29, 1.82) is 0 Å². The number of aromatic hydroxyl groups is 1. The second-order valence-corrected chi connectivity index (χ2v) is 7.06. The van der Waals surface area contributed by atoms with Gasteiger partial charge < -0.3 is 9.84 Å². The van der Waals surface area contributed by atoms with Crippen LogP contribution in [-0.2, 0) is 0 Å². The minimum absolute atomic E-state index is 0.268. The smallest absolute Gasteiger partial charge is 0.163 e. The Bertz CT molecular complexity index is 506. The number of rotatable bonds is 2. The Labute approximate surface area is 115 Å². The first-order valence-corrected chi connectivity index (χ1v) is 7.27. The van der Waals surface area contributed by atoms with Crippen molar-refractivity contribution in [2.45, 2.75) is 46.0 Å². The van der Waals surface area contributed by atoms with Gasteiger partial charge in [-0.1, -0.05) is 32.9 Å². The molecule has 2 bridgehead atoms. The summed E-state index contributed by atoms with van der Waals surface area (Å²) in [6.07, 6.45) is 3.86. The van der Waals surface area contributed by atoms with E-state index in [1.165, 1.54) is 24.8 Å². The fourth-order valence-corrected chi connectivity index (χ4v) is 4.71. The third-order valence-electron chi connectivity index (χ3n) is 6.40. The average Bonchev–Trinajstić information content (AvgIpc) is 2.70. The minimum Gasteiger partial charge on any atom is -0.504 e. The van der Waals surface area contributed by atoms with Gasteiger partial charge in [-0.15, -0.1) is 0 Å². The monoisotopic (exact) mass is 260 g/mol. The SMILES string of the molecule is COc1c(O)cccc1C1CC2CCC1(C)C2(C)C. The molecule has 3 atom stereocenters. The van der Waals surface area contributed by atoms with Gasteiger partial charge in [0.25, 0.3) is 0 Å². The molecule has 0 saturated heterocycles. The molecule has 104 valence electrons. The van der Waals surface area contributed by atoms with E-state index < -0.39 is 0 Å². The molecule has 0 radical (unpaired) electrons. The molecule has 0 amide bonds. The molecular weight excluding hydrogens is 236 g/mol. The summed E-state index contributed by atoms with van der Waals surface area (Å²) in [4.78, 5) is 0. The molecule has 1 aromatic rings. The molecule has 0 heterocycles. The lowest BCUT2D eigenvalue weighted by Crippen LogP contribution is -2.31. The van der Waals surface area contributed by atoms with Crippen LogP contribution in [0, 0.1) is 16.7 Å². The van der Waals surface area contributed by atoms with E-state index in [2.05, 4.69) is 26.8 Å². The molecule has 19 heavy (non-hydrogen) atoms. The molecule has 2 aliphatic carbocycles. The average molecular weight is 260 g/mol. The maximum atomic E-state index is 10.0. The van der Waals surface area contributed by atoms with Crippen molar-refractivity contribution in [3.8, 4) is 11.5 Å². The zero-order valence-electron chi connectivity index (χ0n) is 12.4. The van der Waals surface area contributed by atoms with Crippen LogP contribution in [0.5, 0.6) is 11.5 Å². The largest absolute Gasteiger partial charge is 0.504 e. The zero-order chi connectivity index (χ0) is 13.8. The Morgan fingerprint density at radius 3 is 2.53 bits per heavy atom. The molecule has 0 aliphatic heterocycles. The van der Waals surface area contributed by atoms with Crippen LogP contribution in [0.2, 0.25) is 0 Å². The lowest BCUT2D eigenvalue weighted by atomic mass is 9.65. The normalized spacial score (nSPS) is 35.6. The van der Waals surface area contributed by atoms with E-state index in [9.17, 15) is 5.11 Å². The van der Waals surface area contributed by atoms with Crippen LogP contribution in [0.25, 0.3) is 0 Å². The van der Waals surface area contributed by atoms with E-state index in [0.29, 0.717) is 22.5 Å². The molecular formula is C17H24O2. The second kappa shape index (κ2) is 3.91. The van der Waals surface area contributed by atoms with Gasteiger partial charge >= 0.3 is 0 Å². The van der Waals surface area contributed by atoms with Gasteiger partial charge in [0, 0.05) is 5.56 Å². The third-order valence-corrected chi connectivity index (χ3v) is 6.40. The Balaban J connectivity index is 2.08. The number of hydrogen-bond donors (Lipinski definition) is 1. The number of phenols is 1. The van der Waals surface area contributed by atoms with Crippen LogP contribution in [0.1, 0.15) is 51.5 Å². The molecule has 0 aromatic heterocycles. The summed E-state index contributed by atoms with van der Waals surface area (Å²) in [6.45, 7) is 7.26. The summed E-state index contributed by atoms with van der Waals surface area (Å²) < 4.78 is 5.46. The van der Waals surface area contributed by atoms with E-state index in [-0.39, 0.29) is 5.75 Å². The van der Waals surface area contributed by atoms with E-state index in [1.807, 2.05) is 6.07 Å². The lowest BCUT2D eigenvalue weighted by molar-refractivity contribution is 0.133. The van der Waals surface area contributed by atoms with Crippen LogP contribution >= 0.6 is 0 Å². The predicted octanol–water partition coefficient (Wildman–Crippen LogP) is 4.33. The number of para-hydroxylation sites is 1. The number of fused-ring (bicyclic) bond motifs is 2. The van der Waals surface area contributed by atoms with Crippen molar-refractivity contribution in [2.75, 3.05) is 7.11 Å². The summed E-state index contributed by atoms with van der Waals surface area (Å²) in [5.74, 6) is 2.25. The molecule has 0 spiro atoms. The number of hydrogen-bond acceptors (Lipinski definition) is 2. The van der Waals surface area contributed by atoms with Crippen molar-refractivity contribution in [1.82, 2.24) is 0 Å². The highest BCUT2D eigenvalue weighted by Crippen LogP contribution is 2.71. The highest BCUT2D eigenvalue weighted by atomic mass is 16.5. The zero-order valence-corrected chi connectivity index (χ0v) is 12.4. The summed E-state index contributed by atoms with van der Waals surface area (Å²) in [7, 11) is 1.65. The first-order valence-electron chi connectivity index (χ1n) is 7.27. The minimum atomic E-state index is 0.268. The van der Waals surface area contributed by atoms with Gasteiger partial charge in [0.05, 0.1) is 7.11 Å². The van der Waals surface area contributed by atoms with E-state index in [1.54, 1.807) is 13.2 Å². The third kappa shape index (κ3) is 1.49. The van der Waals surface area contributed by atoms with Gasteiger partial charge in [-0.05, 0) is 48.0 Å². The van der Waals surface area contributed by atoms with Crippen LogP contribution in [0.3, 0.4) is 0 Å². The summed E-state index contributed by atoms with van der Waals surface area (Å²) >= 11 is 0. The predicted molar refractivity (Wildman–Crippen MR) is 76.6 cm³/mol. The van der Waals surface area contributed by atoms with Gasteiger partial charge in [0.2, 0.25) is 0 Å². The van der Waals surface area contributed by atoms with Crippen molar-refractivity contribution in [2.24, 2.45) is 16.7 Å². The molecule has 2 fully saturated rings. The van der Waals surface area contributed by atoms with Crippen molar-refractivity contribution in [3.63, 3.8) is 0 Å². The molecule has 3 unspecified atom stereocenters. The summed E-state index contributed by atoms with van der Waals surface area (Å²) in [5, 5.41) is 10.0. The fourth-order valence-electron chi connectivity index (χ4n) is 4.71. The standard InChI is InChI=1S/C17H24O2/c1-16(2)11-8-9-17(16,3)13(10-11)12-6-5-7-14(18)15(12)19-4/h5-7,11,13,18H,8-10H2,1-4H3. The van der Waals surface area contributed by atoms with Crippen LogP contribution < -0.4 is 4.74 Å². The topological polar surface area (TPSA) is 29.5 Å². The Morgan fingerprint density at radius 1 is 1.26 bits per heavy atom. The molecule has 2 saturated carbocycles. The van der Waals surface area contributed by atoms with Gasteiger partial charge in [0.1, 0.15) is 0 Å². The first kappa shape index (κ1) is 12.8. The van der Waals surface area contributed by atoms with Gasteiger partial charge in [0.15, 0.2) is 11.5 Å². The number of phenolic OH excluding ortho intramolecular Hbond substituents is 1. The Morgan fingerprint density at radius 2 is 2.00 bits per heavy atom. The molecule has 2 nitrogen and oxygen atoms in total. The number of methoxy groups -OCH3 is 1. The quantitative estimate of drug-likeness (QED) is 0.857. The van der Waals surface area contributed by atoms with Crippen LogP contribution in [-0.4, -0.2) is 12.2 Å².